The van der Waals surface area contributed by atoms with E-state index in [0.29, 0.717) is 17.4 Å². The summed E-state index contributed by atoms with van der Waals surface area (Å²) in [4.78, 5) is 29.9. The van der Waals surface area contributed by atoms with Crippen molar-refractivity contribution in [1.29, 1.82) is 0 Å². The van der Waals surface area contributed by atoms with Gasteiger partial charge >= 0.3 is 5.69 Å². The molecule has 0 aliphatic carbocycles. The second-order valence-electron chi connectivity index (χ2n) is 5.67. The van der Waals surface area contributed by atoms with Gasteiger partial charge in [-0.2, -0.15) is 0 Å². The highest BCUT2D eigenvalue weighted by atomic mass is 35.5. The first-order valence-electron chi connectivity index (χ1n) is 7.35. The Morgan fingerprint density at radius 3 is 2.83 bits per heavy atom. The number of nitrogens with one attached hydrogen (secondary N) is 1. The molecule has 2 aromatic heterocycles. The number of nitrogens with zero attached hydrogens (tertiary/aromatic N) is 4. The zero-order chi connectivity index (χ0) is 16.6. The van der Waals surface area contributed by atoms with Crippen molar-refractivity contribution in [2.45, 2.75) is 12.5 Å². The van der Waals surface area contributed by atoms with Crippen molar-refractivity contribution in [2.24, 2.45) is 14.1 Å². The second-order valence-corrected chi connectivity index (χ2v) is 6.08. The molecule has 1 atom stereocenters. The third-order valence-corrected chi connectivity index (χ3v) is 4.45. The molecule has 1 fully saturated rings. The van der Waals surface area contributed by atoms with Gasteiger partial charge in [0.15, 0.2) is 0 Å². The summed E-state index contributed by atoms with van der Waals surface area (Å²) in [7, 11) is 3.16. The van der Waals surface area contributed by atoms with E-state index in [1.54, 1.807) is 19.4 Å². The van der Waals surface area contributed by atoms with E-state index in [2.05, 4.69) is 10.3 Å². The summed E-state index contributed by atoms with van der Waals surface area (Å²) < 4.78 is 2.61. The van der Waals surface area contributed by atoms with Gasteiger partial charge in [0.25, 0.3) is 5.56 Å². The highest BCUT2D eigenvalue weighted by Crippen LogP contribution is 2.24. The molecular formula is C15H18ClN5O2. The van der Waals surface area contributed by atoms with Crippen LogP contribution in [0.15, 0.2) is 34.1 Å². The lowest BCUT2D eigenvalue weighted by Crippen LogP contribution is -2.40. The van der Waals surface area contributed by atoms with E-state index in [4.69, 9.17) is 11.6 Å². The van der Waals surface area contributed by atoms with E-state index in [-0.39, 0.29) is 17.3 Å². The summed E-state index contributed by atoms with van der Waals surface area (Å²) in [6, 6.07) is 3.52. The summed E-state index contributed by atoms with van der Waals surface area (Å²) in [5, 5.41) is 3.96. The van der Waals surface area contributed by atoms with Crippen LogP contribution in [0.5, 0.6) is 0 Å². The number of hydrogen-bond donors (Lipinski definition) is 1. The Kier molecular flexibility index (Phi) is 4.12. The third-order valence-electron chi connectivity index (χ3n) is 4.14. The zero-order valence-corrected chi connectivity index (χ0v) is 13.7. The van der Waals surface area contributed by atoms with Crippen LogP contribution in [0.3, 0.4) is 0 Å². The molecule has 2 aromatic rings. The molecule has 0 spiro atoms. The van der Waals surface area contributed by atoms with Gasteiger partial charge in [0.05, 0.1) is 10.7 Å². The van der Waals surface area contributed by atoms with E-state index >= 15 is 0 Å². The van der Waals surface area contributed by atoms with Gasteiger partial charge in [-0.3, -0.25) is 18.9 Å². The maximum absolute atomic E-state index is 12.0. The first-order valence-corrected chi connectivity index (χ1v) is 7.73. The number of pyridine rings is 1. The molecule has 0 aromatic carbocycles. The van der Waals surface area contributed by atoms with E-state index < -0.39 is 0 Å². The molecule has 0 amide bonds. The normalized spacial score (nSPS) is 17.5. The van der Waals surface area contributed by atoms with Crippen LogP contribution in [0.1, 0.15) is 6.42 Å². The largest absolute Gasteiger partial charge is 0.379 e. The molecule has 0 unspecified atom stereocenters. The summed E-state index contributed by atoms with van der Waals surface area (Å²) >= 11 is 6.11. The molecule has 0 saturated carbocycles. The fraction of sp³-hybridized carbons (Fsp3) is 0.400. The van der Waals surface area contributed by atoms with Crippen molar-refractivity contribution in [3.8, 4) is 0 Å². The lowest BCUT2D eigenvalue weighted by molar-refractivity contribution is 0.672. The Balaban J connectivity index is 1.80. The Hall–Kier alpha value is -2.28. The summed E-state index contributed by atoms with van der Waals surface area (Å²) in [6.07, 6.45) is 4.18. The van der Waals surface area contributed by atoms with Gasteiger partial charge in [0.1, 0.15) is 5.82 Å². The van der Waals surface area contributed by atoms with E-state index in [1.165, 1.54) is 17.7 Å². The van der Waals surface area contributed by atoms with Gasteiger partial charge in [-0.15, -0.1) is 0 Å². The van der Waals surface area contributed by atoms with Crippen LogP contribution in [0, 0.1) is 0 Å². The maximum Gasteiger partial charge on any atom is 0.332 e. The fourth-order valence-electron chi connectivity index (χ4n) is 2.82. The molecule has 3 heterocycles. The van der Waals surface area contributed by atoms with E-state index in [0.717, 1.165) is 23.2 Å². The lowest BCUT2D eigenvalue weighted by atomic mass is 10.2. The molecule has 122 valence electrons. The van der Waals surface area contributed by atoms with Crippen molar-refractivity contribution in [1.82, 2.24) is 14.1 Å². The molecule has 8 heteroatoms. The summed E-state index contributed by atoms with van der Waals surface area (Å²) in [5.74, 6) is 0.642. The first-order chi connectivity index (χ1) is 11.0. The highest BCUT2D eigenvalue weighted by molar-refractivity contribution is 6.33. The second kappa shape index (κ2) is 6.08. The molecule has 7 nitrogen and oxygen atoms in total. The van der Waals surface area contributed by atoms with Crippen LogP contribution in [0.2, 0.25) is 5.02 Å². The zero-order valence-electron chi connectivity index (χ0n) is 13.0. The quantitative estimate of drug-likeness (QED) is 0.899. The van der Waals surface area contributed by atoms with Crippen molar-refractivity contribution in [3.63, 3.8) is 0 Å². The number of aromatic nitrogens is 3. The Labute approximate surface area is 138 Å². The Bertz CT molecular complexity index is 844. The summed E-state index contributed by atoms with van der Waals surface area (Å²) in [5.41, 5.74) is 0.226. The van der Waals surface area contributed by atoms with Gasteiger partial charge in [0, 0.05) is 51.7 Å². The van der Waals surface area contributed by atoms with Crippen LogP contribution >= 0.6 is 11.6 Å². The minimum Gasteiger partial charge on any atom is -0.379 e. The van der Waals surface area contributed by atoms with Crippen molar-refractivity contribution in [3.05, 3.63) is 50.4 Å². The first kappa shape index (κ1) is 15.6. The predicted octanol–water partition coefficient (Wildman–Crippen LogP) is 0.823. The summed E-state index contributed by atoms with van der Waals surface area (Å²) in [6.45, 7) is 1.46. The van der Waals surface area contributed by atoms with Crippen molar-refractivity contribution < 1.29 is 0 Å². The topological polar surface area (TPSA) is 72.2 Å². The highest BCUT2D eigenvalue weighted by Gasteiger charge is 2.25. The Morgan fingerprint density at radius 2 is 2.09 bits per heavy atom. The predicted molar refractivity (Wildman–Crippen MR) is 90.4 cm³/mol. The van der Waals surface area contributed by atoms with Crippen LogP contribution in [-0.2, 0) is 14.1 Å². The molecule has 0 radical (unpaired) electrons. The lowest BCUT2D eigenvalue weighted by Gasteiger charge is -2.22. The van der Waals surface area contributed by atoms with Crippen LogP contribution in [0.25, 0.3) is 0 Å². The van der Waals surface area contributed by atoms with Gasteiger partial charge in [-0.05, 0) is 12.5 Å². The molecule has 1 aliphatic heterocycles. The monoisotopic (exact) mass is 335 g/mol. The van der Waals surface area contributed by atoms with Crippen LogP contribution in [0.4, 0.5) is 11.5 Å². The van der Waals surface area contributed by atoms with Gasteiger partial charge in [0.2, 0.25) is 0 Å². The van der Waals surface area contributed by atoms with E-state index in [9.17, 15) is 9.59 Å². The minimum absolute atomic E-state index is 0.189. The molecule has 1 saturated heterocycles. The van der Waals surface area contributed by atoms with Gasteiger partial charge in [-0.25, -0.2) is 4.79 Å². The standard InChI is InChI=1S/C15H18ClN5O2/c1-19-13(7-14(22)20(2)15(19)23)21-6-4-10(9-21)18-12-3-5-17-8-11(12)16/h3,5,7-8,10H,4,6,9H2,1-2H3,(H,17,18)/t10-/m0/s1. The number of anilines is 2. The minimum atomic E-state index is -0.318. The SMILES string of the molecule is Cn1c(N2CC[C@H](Nc3ccncc3Cl)C2)cc(=O)n(C)c1=O. The number of rotatable bonds is 3. The average molecular weight is 336 g/mol. The number of halogens is 1. The van der Waals surface area contributed by atoms with Crippen LogP contribution in [-0.4, -0.2) is 33.2 Å². The third kappa shape index (κ3) is 2.96. The smallest absolute Gasteiger partial charge is 0.332 e. The molecule has 0 bridgehead atoms. The van der Waals surface area contributed by atoms with Gasteiger partial charge in [-0.1, -0.05) is 11.6 Å². The van der Waals surface area contributed by atoms with Gasteiger partial charge < -0.3 is 10.2 Å². The van der Waals surface area contributed by atoms with Crippen LogP contribution < -0.4 is 21.5 Å². The molecular weight excluding hydrogens is 318 g/mol. The van der Waals surface area contributed by atoms with Crippen molar-refractivity contribution in [2.75, 3.05) is 23.3 Å². The molecule has 23 heavy (non-hydrogen) atoms. The van der Waals surface area contributed by atoms with E-state index in [1.807, 2.05) is 11.0 Å². The molecule has 1 aliphatic rings. The molecule has 3 rings (SSSR count). The van der Waals surface area contributed by atoms with Crippen molar-refractivity contribution >= 4 is 23.1 Å². The average Bonchev–Trinajstić information content (AvgIpc) is 2.99. The number of hydrogen-bond acceptors (Lipinski definition) is 5. The fourth-order valence-corrected chi connectivity index (χ4v) is 3.00. The maximum atomic E-state index is 12.0. The molecule has 1 N–H and O–H groups in total. The Morgan fingerprint density at radius 1 is 1.30 bits per heavy atom.